The first kappa shape index (κ1) is 17.6. The number of rotatable bonds is 4. The zero-order valence-corrected chi connectivity index (χ0v) is 16.0. The predicted octanol–water partition coefficient (Wildman–Crippen LogP) is 3.25. The quantitative estimate of drug-likeness (QED) is 0.548. The van der Waals surface area contributed by atoms with Crippen LogP contribution in [-0.2, 0) is 17.8 Å². The Balaban J connectivity index is 1.66. The molecule has 1 aromatic heterocycles. The lowest BCUT2D eigenvalue weighted by Crippen LogP contribution is -2.29. The van der Waals surface area contributed by atoms with Gasteiger partial charge in [-0.05, 0) is 42.4 Å². The Hall–Kier alpha value is -2.83. The van der Waals surface area contributed by atoms with Crippen LogP contribution in [0.5, 0.6) is 5.88 Å². The summed E-state index contributed by atoms with van der Waals surface area (Å²) in [7, 11) is 0. The van der Waals surface area contributed by atoms with Gasteiger partial charge in [-0.1, -0.05) is 48.5 Å². The summed E-state index contributed by atoms with van der Waals surface area (Å²) >= 11 is 6.70. The minimum atomic E-state index is -0.316. The lowest BCUT2D eigenvalue weighted by molar-refractivity contribution is -0.114. The molecule has 0 saturated heterocycles. The monoisotopic (exact) mass is 392 g/mol. The second-order valence-corrected chi connectivity index (χ2v) is 7.84. The van der Waals surface area contributed by atoms with Gasteiger partial charge in [-0.3, -0.25) is 9.36 Å². The number of aryl methyl sites for hydroxylation is 1. The van der Waals surface area contributed by atoms with Crippen molar-refractivity contribution in [3.63, 3.8) is 0 Å². The fraction of sp³-hybridized carbons (Fsp3) is 0.0952. The van der Waals surface area contributed by atoms with E-state index in [9.17, 15) is 9.90 Å². The molecule has 4 rings (SSSR count). The van der Waals surface area contributed by atoms with Gasteiger partial charge in [0.1, 0.15) is 0 Å². The maximum absolute atomic E-state index is 12.3. The highest BCUT2D eigenvalue weighted by Gasteiger charge is 2.15. The summed E-state index contributed by atoms with van der Waals surface area (Å²) in [4.78, 5) is 17.0. The Kier molecular flexibility index (Phi) is 4.83. The third-order valence-corrected chi connectivity index (χ3v) is 5.75. The van der Waals surface area contributed by atoms with E-state index < -0.39 is 0 Å². The van der Waals surface area contributed by atoms with Gasteiger partial charge in [0.05, 0.1) is 10.2 Å². The molecule has 1 amide bonds. The van der Waals surface area contributed by atoms with Gasteiger partial charge in [0.2, 0.25) is 5.88 Å². The number of amides is 1. The second-order valence-electron chi connectivity index (χ2n) is 6.16. The molecule has 1 aliphatic heterocycles. The van der Waals surface area contributed by atoms with Crippen LogP contribution < -0.4 is 10.6 Å². The molecule has 4 nitrogen and oxygen atoms in total. The Labute approximate surface area is 165 Å². The minimum absolute atomic E-state index is 0.0912. The lowest BCUT2D eigenvalue weighted by atomic mass is 10.1. The highest BCUT2D eigenvalue weighted by Crippen LogP contribution is 2.29. The Bertz CT molecular complexity index is 1220. The average Bonchev–Trinajstić information content (AvgIpc) is 2.94. The molecule has 0 atom stereocenters. The van der Waals surface area contributed by atoms with Crippen molar-refractivity contribution in [2.45, 2.75) is 13.0 Å². The highest BCUT2D eigenvalue weighted by atomic mass is 32.1. The summed E-state index contributed by atoms with van der Waals surface area (Å²) in [6, 6.07) is 17.5. The molecular formula is C21H16N2O2S2. The second kappa shape index (κ2) is 7.42. The Morgan fingerprint density at radius 3 is 2.67 bits per heavy atom. The van der Waals surface area contributed by atoms with E-state index in [-0.39, 0.29) is 11.8 Å². The van der Waals surface area contributed by atoms with Gasteiger partial charge in [-0.25, -0.2) is 4.99 Å². The summed E-state index contributed by atoms with van der Waals surface area (Å²) in [5, 5.41) is 12.2. The highest BCUT2D eigenvalue weighted by molar-refractivity contribution is 7.73. The van der Waals surface area contributed by atoms with Crippen molar-refractivity contribution in [3.8, 4) is 5.88 Å². The van der Waals surface area contributed by atoms with E-state index in [0.717, 1.165) is 11.6 Å². The van der Waals surface area contributed by atoms with Crippen LogP contribution in [0.15, 0.2) is 65.2 Å². The van der Waals surface area contributed by atoms with E-state index in [2.05, 4.69) is 4.99 Å². The number of para-hydroxylation sites is 1. The van der Waals surface area contributed by atoms with E-state index in [4.69, 9.17) is 12.2 Å². The smallest absolute Gasteiger partial charge is 0.277 e. The molecule has 6 heteroatoms. The first-order valence-electron chi connectivity index (χ1n) is 8.50. The maximum Gasteiger partial charge on any atom is 0.277 e. The molecule has 0 fully saturated rings. The van der Waals surface area contributed by atoms with Crippen molar-refractivity contribution in [1.29, 1.82) is 0 Å². The first-order chi connectivity index (χ1) is 13.1. The molecule has 27 heavy (non-hydrogen) atoms. The van der Waals surface area contributed by atoms with E-state index in [1.165, 1.54) is 16.9 Å². The van der Waals surface area contributed by atoms with E-state index in [1.807, 2.05) is 54.6 Å². The number of nitrogens with zero attached hydrogens (tertiary/aromatic N) is 2. The molecule has 2 heterocycles. The van der Waals surface area contributed by atoms with Crippen molar-refractivity contribution >= 4 is 41.6 Å². The molecule has 0 radical (unpaired) electrons. The Morgan fingerprint density at radius 2 is 1.85 bits per heavy atom. The number of thiazole rings is 1. The fourth-order valence-electron chi connectivity index (χ4n) is 2.95. The molecule has 0 aliphatic carbocycles. The zero-order valence-electron chi connectivity index (χ0n) is 14.3. The van der Waals surface area contributed by atoms with Gasteiger partial charge in [-0.15, -0.1) is 11.3 Å². The van der Waals surface area contributed by atoms with E-state index >= 15 is 0 Å². The first-order valence-corrected chi connectivity index (χ1v) is 9.72. The minimum Gasteiger partial charge on any atom is -0.493 e. The van der Waals surface area contributed by atoms with Crippen LogP contribution in [0.4, 0.5) is 0 Å². The molecule has 0 unspecified atom stereocenters. The standard InChI is InChI=1S/C21H16N2O2S2/c24-19-16(12-15-8-4-5-9-17(15)22-19)13-18-20(25)23(21(26)27-18)11-10-14-6-2-1-3-7-14/h1-9,12-13,25H,10-11H2/b16-13-. The molecule has 2 aromatic carbocycles. The number of aromatic hydroxyl groups is 1. The van der Waals surface area contributed by atoms with E-state index in [0.29, 0.717) is 26.3 Å². The summed E-state index contributed by atoms with van der Waals surface area (Å²) in [5.74, 6) is -0.225. The Morgan fingerprint density at radius 1 is 1.11 bits per heavy atom. The number of hydrogen-bond acceptors (Lipinski definition) is 4. The van der Waals surface area contributed by atoms with Gasteiger partial charge in [0.15, 0.2) is 3.95 Å². The molecule has 0 spiro atoms. The number of fused-ring (bicyclic) bond motifs is 1. The van der Waals surface area contributed by atoms with Crippen LogP contribution in [0.25, 0.3) is 12.2 Å². The molecule has 3 aromatic rings. The van der Waals surface area contributed by atoms with Crippen LogP contribution in [0.2, 0.25) is 0 Å². The molecule has 1 N–H and O–H groups in total. The average molecular weight is 393 g/mol. The fourth-order valence-corrected chi connectivity index (χ4v) is 4.26. The van der Waals surface area contributed by atoms with Crippen LogP contribution in [0.1, 0.15) is 10.4 Å². The molecule has 0 saturated carbocycles. The van der Waals surface area contributed by atoms with Crippen molar-refractivity contribution < 1.29 is 9.90 Å². The van der Waals surface area contributed by atoms with Crippen LogP contribution in [0.3, 0.4) is 0 Å². The normalized spacial score (nSPS) is 14.5. The molecule has 1 aliphatic rings. The largest absolute Gasteiger partial charge is 0.493 e. The number of hydrogen-bond donors (Lipinski definition) is 1. The molecular weight excluding hydrogens is 376 g/mol. The number of carbonyl (C=O) groups is 1. The van der Waals surface area contributed by atoms with Crippen molar-refractivity contribution in [2.75, 3.05) is 0 Å². The molecule has 134 valence electrons. The third-order valence-electron chi connectivity index (χ3n) is 4.36. The third kappa shape index (κ3) is 3.67. The maximum atomic E-state index is 12.3. The van der Waals surface area contributed by atoms with Crippen molar-refractivity contribution in [1.82, 2.24) is 4.57 Å². The number of carbonyl (C=O) groups excluding carboxylic acids is 1. The SMILES string of the molecule is O=C1N=c2ccccc2=C/C1=C/c1sc(=S)n(CCc2ccccc2)c1O. The number of aromatic nitrogens is 1. The van der Waals surface area contributed by atoms with Gasteiger partial charge >= 0.3 is 0 Å². The van der Waals surface area contributed by atoms with Crippen LogP contribution in [-0.4, -0.2) is 15.6 Å². The van der Waals surface area contributed by atoms with Crippen molar-refractivity contribution in [3.05, 3.63) is 85.1 Å². The summed E-state index contributed by atoms with van der Waals surface area (Å²) in [6.07, 6.45) is 4.22. The summed E-state index contributed by atoms with van der Waals surface area (Å²) in [5.41, 5.74) is 1.62. The van der Waals surface area contributed by atoms with Gasteiger partial charge in [0.25, 0.3) is 5.91 Å². The van der Waals surface area contributed by atoms with Crippen LogP contribution in [0, 0.1) is 3.95 Å². The number of benzene rings is 2. The van der Waals surface area contributed by atoms with Gasteiger partial charge < -0.3 is 5.11 Å². The van der Waals surface area contributed by atoms with Crippen LogP contribution >= 0.6 is 23.6 Å². The molecule has 0 bridgehead atoms. The lowest BCUT2D eigenvalue weighted by Gasteiger charge is -2.05. The van der Waals surface area contributed by atoms with Gasteiger partial charge in [-0.2, -0.15) is 0 Å². The topological polar surface area (TPSA) is 54.6 Å². The van der Waals surface area contributed by atoms with E-state index in [1.54, 1.807) is 16.7 Å². The summed E-state index contributed by atoms with van der Waals surface area (Å²) < 4.78 is 2.29. The zero-order chi connectivity index (χ0) is 18.8. The van der Waals surface area contributed by atoms with Gasteiger partial charge in [0, 0.05) is 17.3 Å². The summed E-state index contributed by atoms with van der Waals surface area (Å²) in [6.45, 7) is 0.583. The van der Waals surface area contributed by atoms with Crippen molar-refractivity contribution in [2.24, 2.45) is 4.99 Å². The predicted molar refractivity (Wildman–Crippen MR) is 110 cm³/mol.